The number of ether oxygens (including phenoxy) is 1. The third-order valence-corrected chi connectivity index (χ3v) is 3.67. The highest BCUT2D eigenvalue weighted by molar-refractivity contribution is 5.89. The summed E-state index contributed by atoms with van der Waals surface area (Å²) in [5.41, 5.74) is 2.92. The minimum atomic E-state index is -0.403. The predicted octanol–water partition coefficient (Wildman–Crippen LogP) is 3.56. The molecule has 6 heteroatoms. The highest BCUT2D eigenvalue weighted by Gasteiger charge is 2.12. The number of methoxy groups -OCH3 is 1. The van der Waals surface area contributed by atoms with Gasteiger partial charge >= 0.3 is 5.97 Å². The molecule has 0 aliphatic heterocycles. The zero-order chi connectivity index (χ0) is 17.1. The van der Waals surface area contributed by atoms with Gasteiger partial charge in [-0.15, -0.1) is 0 Å². The summed E-state index contributed by atoms with van der Waals surface area (Å²) in [6.07, 6.45) is 0.454. The van der Waals surface area contributed by atoms with Crippen molar-refractivity contribution in [2.24, 2.45) is 0 Å². The number of nitrogens with zero attached hydrogens (tertiary/aromatic N) is 2. The lowest BCUT2D eigenvalue weighted by atomic mass is 10.1. The molecular weight excluding hydrogens is 311 g/mol. The molecule has 1 heterocycles. The van der Waals surface area contributed by atoms with Crippen LogP contribution in [-0.2, 0) is 11.2 Å². The van der Waals surface area contributed by atoms with Gasteiger partial charge in [-0.3, -0.25) is 0 Å². The number of hydrogen-bond acceptors (Lipinski definition) is 5. The fourth-order valence-electron chi connectivity index (χ4n) is 2.34. The largest absolute Gasteiger partial charge is 0.465 e. The molecule has 0 bridgehead atoms. The maximum absolute atomic E-state index is 13.1. The first kappa shape index (κ1) is 15.9. The second-order valence-electron chi connectivity index (χ2n) is 5.33. The fraction of sp³-hybridized carbons (Fsp3) is 0.167. The summed E-state index contributed by atoms with van der Waals surface area (Å²) in [5.74, 6) is 0.202. The molecule has 0 aliphatic carbocycles. The number of carbonyl (C=O) groups is 1. The first-order valence-electron chi connectivity index (χ1n) is 7.33. The van der Waals surface area contributed by atoms with Crippen LogP contribution in [0, 0.1) is 12.7 Å². The summed E-state index contributed by atoms with van der Waals surface area (Å²) in [6, 6.07) is 11.3. The minimum Gasteiger partial charge on any atom is -0.465 e. The maximum Gasteiger partial charge on any atom is 0.337 e. The van der Waals surface area contributed by atoms with E-state index < -0.39 is 5.97 Å². The number of benzene rings is 2. The Bertz CT molecular complexity index is 872. The molecule has 0 radical (unpaired) electrons. The van der Waals surface area contributed by atoms with E-state index in [0.29, 0.717) is 29.3 Å². The van der Waals surface area contributed by atoms with E-state index in [0.717, 1.165) is 11.1 Å². The summed E-state index contributed by atoms with van der Waals surface area (Å²) in [7, 11) is 1.33. The molecule has 122 valence electrons. The molecular formula is C18H15FN2O3. The quantitative estimate of drug-likeness (QED) is 0.686. The fourth-order valence-corrected chi connectivity index (χ4v) is 2.34. The molecule has 2 aromatic carbocycles. The lowest BCUT2D eigenvalue weighted by Gasteiger charge is -2.02. The van der Waals surface area contributed by atoms with Crippen LogP contribution in [0.1, 0.15) is 27.3 Å². The SMILES string of the molecule is COC(=O)c1ccc(-c2nc(Cc3ccc(F)cc3C)no2)cc1. The number of carbonyl (C=O) groups excluding carboxylic acids is 1. The molecule has 3 rings (SSSR count). The first-order valence-corrected chi connectivity index (χ1v) is 7.33. The third kappa shape index (κ3) is 3.32. The summed E-state index contributed by atoms with van der Waals surface area (Å²) >= 11 is 0. The Morgan fingerprint density at radius 1 is 1.21 bits per heavy atom. The van der Waals surface area contributed by atoms with Crippen molar-refractivity contribution < 1.29 is 18.4 Å². The van der Waals surface area contributed by atoms with Gasteiger partial charge in [-0.25, -0.2) is 9.18 Å². The monoisotopic (exact) mass is 326 g/mol. The van der Waals surface area contributed by atoms with Crippen molar-refractivity contribution >= 4 is 5.97 Å². The van der Waals surface area contributed by atoms with E-state index in [1.807, 2.05) is 6.92 Å². The normalized spacial score (nSPS) is 10.6. The van der Waals surface area contributed by atoms with Gasteiger partial charge in [-0.05, 0) is 54.4 Å². The Morgan fingerprint density at radius 2 is 1.96 bits per heavy atom. The van der Waals surface area contributed by atoms with Gasteiger partial charge in [0.15, 0.2) is 5.82 Å². The second kappa shape index (κ2) is 6.62. The molecule has 0 atom stereocenters. The van der Waals surface area contributed by atoms with Crippen molar-refractivity contribution in [3.8, 4) is 11.5 Å². The highest BCUT2D eigenvalue weighted by atomic mass is 19.1. The summed E-state index contributed by atoms with van der Waals surface area (Å²) in [4.78, 5) is 15.8. The summed E-state index contributed by atoms with van der Waals surface area (Å²) < 4.78 is 23.1. The zero-order valence-corrected chi connectivity index (χ0v) is 13.2. The molecule has 0 amide bonds. The van der Waals surface area contributed by atoms with Crippen molar-refractivity contribution in [3.05, 3.63) is 70.8 Å². The Kier molecular flexibility index (Phi) is 4.37. The van der Waals surface area contributed by atoms with Crippen molar-refractivity contribution in [1.29, 1.82) is 0 Å². The summed E-state index contributed by atoms with van der Waals surface area (Å²) in [6.45, 7) is 1.84. The van der Waals surface area contributed by atoms with Crippen molar-refractivity contribution in [2.75, 3.05) is 7.11 Å². The van der Waals surface area contributed by atoms with Crippen LogP contribution in [0.5, 0.6) is 0 Å². The molecule has 0 fully saturated rings. The molecule has 0 unspecified atom stereocenters. The molecule has 5 nitrogen and oxygen atoms in total. The van der Waals surface area contributed by atoms with Crippen LogP contribution in [0.4, 0.5) is 4.39 Å². The van der Waals surface area contributed by atoms with E-state index in [1.54, 1.807) is 30.3 Å². The second-order valence-corrected chi connectivity index (χ2v) is 5.33. The van der Waals surface area contributed by atoms with Crippen LogP contribution in [0.3, 0.4) is 0 Å². The molecule has 0 saturated heterocycles. The molecule has 24 heavy (non-hydrogen) atoms. The van der Waals surface area contributed by atoms with Gasteiger partial charge < -0.3 is 9.26 Å². The maximum atomic E-state index is 13.1. The predicted molar refractivity (Wildman–Crippen MR) is 85.0 cm³/mol. The molecule has 0 aliphatic rings. The topological polar surface area (TPSA) is 65.2 Å². The smallest absolute Gasteiger partial charge is 0.337 e. The molecule has 1 aromatic heterocycles. The molecule has 0 saturated carbocycles. The van der Waals surface area contributed by atoms with E-state index in [2.05, 4.69) is 14.9 Å². The van der Waals surface area contributed by atoms with Gasteiger partial charge in [0.25, 0.3) is 5.89 Å². The van der Waals surface area contributed by atoms with Crippen molar-refractivity contribution in [2.45, 2.75) is 13.3 Å². The van der Waals surface area contributed by atoms with E-state index >= 15 is 0 Å². The van der Waals surface area contributed by atoms with E-state index in [4.69, 9.17) is 4.52 Å². The lowest BCUT2D eigenvalue weighted by Crippen LogP contribution is -2.00. The third-order valence-electron chi connectivity index (χ3n) is 3.67. The lowest BCUT2D eigenvalue weighted by molar-refractivity contribution is 0.0600. The Balaban J connectivity index is 1.79. The van der Waals surface area contributed by atoms with Crippen LogP contribution in [0.25, 0.3) is 11.5 Å². The Labute approximate surface area is 138 Å². The first-order chi connectivity index (χ1) is 11.6. The Hall–Kier alpha value is -3.02. The van der Waals surface area contributed by atoms with Crippen molar-refractivity contribution in [1.82, 2.24) is 10.1 Å². The number of rotatable bonds is 4. The zero-order valence-electron chi connectivity index (χ0n) is 13.2. The standard InChI is InChI=1S/C18H15FN2O3/c1-11-9-15(19)8-7-14(11)10-16-20-17(24-21-16)12-3-5-13(6-4-12)18(22)23-2/h3-9H,10H2,1-2H3. The van der Waals surface area contributed by atoms with Crippen molar-refractivity contribution in [3.63, 3.8) is 0 Å². The van der Waals surface area contributed by atoms with Gasteiger partial charge in [0.2, 0.25) is 0 Å². The average Bonchev–Trinajstić information content (AvgIpc) is 3.05. The average molecular weight is 326 g/mol. The van der Waals surface area contributed by atoms with Gasteiger partial charge in [0, 0.05) is 12.0 Å². The van der Waals surface area contributed by atoms with Crippen LogP contribution in [-0.4, -0.2) is 23.2 Å². The summed E-state index contributed by atoms with van der Waals surface area (Å²) in [5, 5.41) is 3.95. The molecule has 3 aromatic rings. The number of esters is 1. The van der Waals surface area contributed by atoms with Crippen LogP contribution >= 0.6 is 0 Å². The molecule has 0 N–H and O–H groups in total. The number of halogens is 1. The van der Waals surface area contributed by atoms with Gasteiger partial charge in [-0.2, -0.15) is 4.98 Å². The van der Waals surface area contributed by atoms with E-state index in [-0.39, 0.29) is 5.82 Å². The van der Waals surface area contributed by atoms with Crippen LogP contribution in [0.2, 0.25) is 0 Å². The van der Waals surface area contributed by atoms with Gasteiger partial charge in [-0.1, -0.05) is 11.2 Å². The van der Waals surface area contributed by atoms with E-state index in [9.17, 15) is 9.18 Å². The number of hydrogen-bond donors (Lipinski definition) is 0. The van der Waals surface area contributed by atoms with Gasteiger partial charge in [0.1, 0.15) is 5.82 Å². The van der Waals surface area contributed by atoms with E-state index in [1.165, 1.54) is 19.2 Å². The minimum absolute atomic E-state index is 0.268. The van der Waals surface area contributed by atoms with Crippen LogP contribution in [0.15, 0.2) is 47.0 Å². The highest BCUT2D eigenvalue weighted by Crippen LogP contribution is 2.20. The molecule has 0 spiro atoms. The number of aromatic nitrogens is 2. The van der Waals surface area contributed by atoms with Gasteiger partial charge in [0.05, 0.1) is 12.7 Å². The number of aryl methyl sites for hydroxylation is 1. The van der Waals surface area contributed by atoms with Crippen LogP contribution < -0.4 is 0 Å². The Morgan fingerprint density at radius 3 is 2.62 bits per heavy atom.